The van der Waals surface area contributed by atoms with E-state index in [-0.39, 0.29) is 5.56 Å². The second-order valence-corrected chi connectivity index (χ2v) is 4.79. The molecule has 0 spiro atoms. The van der Waals surface area contributed by atoms with E-state index in [0.717, 1.165) is 15.9 Å². The Balaban J connectivity index is 2.51. The van der Waals surface area contributed by atoms with Crippen molar-refractivity contribution in [3.05, 3.63) is 28.2 Å². The fourth-order valence-electron chi connectivity index (χ4n) is 1.77. The van der Waals surface area contributed by atoms with Gasteiger partial charge in [0.1, 0.15) is 15.0 Å². The van der Waals surface area contributed by atoms with Gasteiger partial charge in [0.2, 0.25) is 0 Å². The Hall–Kier alpha value is -1.82. The maximum atomic E-state index is 12.1. The fraction of sp³-hybridized carbons (Fsp3) is 0.273. The first-order valence-electron chi connectivity index (χ1n) is 5.34. The maximum Gasteiger partial charge on any atom is 0.287 e. The van der Waals surface area contributed by atoms with E-state index in [1.54, 1.807) is 0 Å². The van der Waals surface area contributed by atoms with Crippen molar-refractivity contribution in [2.24, 2.45) is 0 Å². The molecular formula is C11H10N4OS. The lowest BCUT2D eigenvalue weighted by atomic mass is 10.3. The molecule has 5 nitrogen and oxygen atoms in total. The van der Waals surface area contributed by atoms with Gasteiger partial charge in [0.15, 0.2) is 0 Å². The molecule has 0 amide bonds. The molecule has 0 saturated carbocycles. The molecule has 0 saturated heterocycles. The van der Waals surface area contributed by atoms with Gasteiger partial charge in [-0.25, -0.2) is 9.67 Å². The normalized spacial score (nSPS) is 11.4. The summed E-state index contributed by atoms with van der Waals surface area (Å²) in [7, 11) is 0. The fourth-order valence-corrected chi connectivity index (χ4v) is 2.86. The number of aryl methyl sites for hydroxylation is 2. The van der Waals surface area contributed by atoms with Crippen LogP contribution in [0.2, 0.25) is 0 Å². The highest BCUT2D eigenvalue weighted by Crippen LogP contribution is 2.28. The molecular weight excluding hydrogens is 236 g/mol. The second kappa shape index (κ2) is 3.59. The van der Waals surface area contributed by atoms with Crippen LogP contribution in [0.3, 0.4) is 0 Å². The Morgan fingerprint density at radius 3 is 3.00 bits per heavy atom. The van der Waals surface area contributed by atoms with E-state index in [1.165, 1.54) is 16.0 Å². The summed E-state index contributed by atoms with van der Waals surface area (Å²) in [5, 5.41) is 8.92. The second-order valence-electron chi connectivity index (χ2n) is 3.80. The number of nitrogens with zero attached hydrogens (tertiary/aromatic N) is 4. The third-order valence-corrected chi connectivity index (χ3v) is 3.73. The van der Waals surface area contributed by atoms with E-state index >= 15 is 0 Å². The van der Waals surface area contributed by atoms with Gasteiger partial charge >= 0.3 is 0 Å². The molecule has 17 heavy (non-hydrogen) atoms. The Labute approximate surface area is 101 Å². The van der Waals surface area contributed by atoms with Crippen molar-refractivity contribution in [3.8, 4) is 0 Å². The molecule has 3 heterocycles. The predicted molar refractivity (Wildman–Crippen MR) is 67.4 cm³/mol. The van der Waals surface area contributed by atoms with Crippen LogP contribution < -0.4 is 5.56 Å². The van der Waals surface area contributed by atoms with Crippen molar-refractivity contribution < 1.29 is 0 Å². The van der Waals surface area contributed by atoms with Gasteiger partial charge in [-0.2, -0.15) is 0 Å². The molecule has 86 valence electrons. The number of hydrogen-bond donors (Lipinski definition) is 0. The maximum absolute atomic E-state index is 12.1. The number of thiophene rings is 1. The van der Waals surface area contributed by atoms with Crippen molar-refractivity contribution in [2.75, 3.05) is 0 Å². The highest BCUT2D eigenvalue weighted by Gasteiger charge is 2.12. The van der Waals surface area contributed by atoms with Crippen LogP contribution in [-0.2, 0) is 6.54 Å². The van der Waals surface area contributed by atoms with Crippen LogP contribution in [-0.4, -0.2) is 20.0 Å². The number of pyridine rings is 1. The van der Waals surface area contributed by atoms with Crippen molar-refractivity contribution >= 4 is 31.8 Å². The van der Waals surface area contributed by atoms with Gasteiger partial charge in [0, 0.05) is 17.6 Å². The van der Waals surface area contributed by atoms with E-state index in [2.05, 4.69) is 15.3 Å². The van der Waals surface area contributed by atoms with E-state index in [9.17, 15) is 4.79 Å². The van der Waals surface area contributed by atoms with E-state index in [1.807, 2.05) is 26.0 Å². The highest BCUT2D eigenvalue weighted by molar-refractivity contribution is 7.25. The van der Waals surface area contributed by atoms with Crippen LogP contribution in [0.15, 0.2) is 16.9 Å². The monoisotopic (exact) mass is 246 g/mol. The Morgan fingerprint density at radius 1 is 1.41 bits per heavy atom. The number of aromatic nitrogens is 4. The average molecular weight is 246 g/mol. The third-order valence-electron chi connectivity index (χ3n) is 2.65. The highest BCUT2D eigenvalue weighted by atomic mass is 32.1. The van der Waals surface area contributed by atoms with Gasteiger partial charge in [0.05, 0.1) is 0 Å². The molecule has 0 unspecified atom stereocenters. The number of fused-ring (bicyclic) bond motifs is 3. The van der Waals surface area contributed by atoms with Crippen molar-refractivity contribution in [1.29, 1.82) is 0 Å². The molecule has 0 aliphatic carbocycles. The summed E-state index contributed by atoms with van der Waals surface area (Å²) in [5.41, 5.74) is 1.51. The minimum absolute atomic E-state index is 0.0850. The number of hydrogen-bond acceptors (Lipinski definition) is 5. The molecule has 0 fully saturated rings. The third kappa shape index (κ3) is 1.44. The molecule has 6 heteroatoms. The summed E-state index contributed by atoms with van der Waals surface area (Å²) >= 11 is 1.39. The lowest BCUT2D eigenvalue weighted by molar-refractivity contribution is 0.582. The van der Waals surface area contributed by atoms with Crippen molar-refractivity contribution in [2.45, 2.75) is 20.4 Å². The standard InChI is InChI=1S/C11H10N4OS/c1-3-15-11(16)9-8(13-14-15)7-5-4-6(2)12-10(7)17-9/h4-5H,3H2,1-2H3. The first-order chi connectivity index (χ1) is 8.20. The van der Waals surface area contributed by atoms with E-state index < -0.39 is 0 Å². The smallest absolute Gasteiger partial charge is 0.266 e. The topological polar surface area (TPSA) is 60.7 Å². The SMILES string of the molecule is CCn1nnc2c(sc3nc(C)ccc32)c1=O. The Bertz CT molecular complexity index is 774. The van der Waals surface area contributed by atoms with Crippen LogP contribution in [0.4, 0.5) is 0 Å². The van der Waals surface area contributed by atoms with Gasteiger partial charge in [0.25, 0.3) is 5.56 Å². The Morgan fingerprint density at radius 2 is 2.24 bits per heavy atom. The van der Waals surface area contributed by atoms with Crippen LogP contribution >= 0.6 is 11.3 Å². The molecule has 0 bridgehead atoms. The zero-order chi connectivity index (χ0) is 12.0. The predicted octanol–water partition coefficient (Wildman–Crippen LogP) is 1.73. The largest absolute Gasteiger partial charge is 0.287 e. The van der Waals surface area contributed by atoms with Crippen molar-refractivity contribution in [3.63, 3.8) is 0 Å². The molecule has 3 rings (SSSR count). The summed E-state index contributed by atoms with van der Waals surface area (Å²) in [6, 6.07) is 3.86. The molecule has 0 aromatic carbocycles. The molecule has 0 atom stereocenters. The average Bonchev–Trinajstić information content (AvgIpc) is 2.68. The molecule has 0 N–H and O–H groups in total. The van der Waals surface area contributed by atoms with Gasteiger partial charge in [-0.1, -0.05) is 5.21 Å². The van der Waals surface area contributed by atoms with Crippen LogP contribution in [0.5, 0.6) is 0 Å². The first-order valence-corrected chi connectivity index (χ1v) is 6.16. The zero-order valence-electron chi connectivity index (χ0n) is 9.47. The minimum Gasteiger partial charge on any atom is -0.266 e. The first kappa shape index (κ1) is 10.3. The van der Waals surface area contributed by atoms with Gasteiger partial charge in [-0.3, -0.25) is 4.79 Å². The summed E-state index contributed by atoms with van der Waals surface area (Å²) < 4.78 is 2.00. The van der Waals surface area contributed by atoms with E-state index in [4.69, 9.17) is 0 Å². The molecule has 0 radical (unpaired) electrons. The lowest BCUT2D eigenvalue weighted by Crippen LogP contribution is -2.22. The summed E-state index contributed by atoms with van der Waals surface area (Å²) in [5.74, 6) is 0. The van der Waals surface area contributed by atoms with Crippen LogP contribution in [0.25, 0.3) is 20.4 Å². The number of rotatable bonds is 1. The van der Waals surface area contributed by atoms with Crippen LogP contribution in [0, 0.1) is 6.92 Å². The molecule has 0 aliphatic rings. The summed E-state index contributed by atoms with van der Waals surface area (Å²) in [6.07, 6.45) is 0. The summed E-state index contributed by atoms with van der Waals surface area (Å²) in [4.78, 5) is 17.3. The quantitative estimate of drug-likeness (QED) is 0.656. The zero-order valence-corrected chi connectivity index (χ0v) is 10.3. The molecule has 3 aromatic rings. The van der Waals surface area contributed by atoms with E-state index in [0.29, 0.717) is 16.8 Å². The summed E-state index contributed by atoms with van der Waals surface area (Å²) in [6.45, 7) is 4.33. The minimum atomic E-state index is -0.0850. The molecule has 3 aromatic heterocycles. The van der Waals surface area contributed by atoms with Gasteiger partial charge in [-0.05, 0) is 26.0 Å². The van der Waals surface area contributed by atoms with Crippen molar-refractivity contribution in [1.82, 2.24) is 20.0 Å². The lowest BCUT2D eigenvalue weighted by Gasteiger charge is -1.96. The van der Waals surface area contributed by atoms with Gasteiger partial charge < -0.3 is 0 Å². The van der Waals surface area contributed by atoms with Crippen LogP contribution in [0.1, 0.15) is 12.6 Å². The Kier molecular flexibility index (Phi) is 2.19. The molecule has 0 aliphatic heterocycles. The van der Waals surface area contributed by atoms with Gasteiger partial charge in [-0.15, -0.1) is 16.4 Å².